The first-order valence-electron chi connectivity index (χ1n) is 8.93. The molecule has 0 radical (unpaired) electrons. The van der Waals surface area contributed by atoms with Crippen molar-refractivity contribution in [2.24, 2.45) is 0 Å². The van der Waals surface area contributed by atoms with Crippen LogP contribution < -0.4 is 0 Å². The normalized spacial score (nSPS) is 11.0. The third-order valence-electron chi connectivity index (χ3n) is 5.04. The van der Waals surface area contributed by atoms with Gasteiger partial charge < -0.3 is 4.57 Å². The van der Waals surface area contributed by atoms with E-state index in [-0.39, 0.29) is 24.8 Å². The summed E-state index contributed by atoms with van der Waals surface area (Å²) in [5.41, 5.74) is 5.93. The van der Waals surface area contributed by atoms with Gasteiger partial charge in [-0.15, -0.1) is 24.8 Å². The second kappa shape index (κ2) is 8.28. The van der Waals surface area contributed by atoms with E-state index in [4.69, 9.17) is 10.1 Å². The number of hydrogen-bond acceptors (Lipinski definition) is 3. The topological polar surface area (TPSA) is 48.0 Å². The molecule has 27 heavy (non-hydrogen) atoms. The summed E-state index contributed by atoms with van der Waals surface area (Å²) >= 11 is 0. The average molecular weight is 406 g/mol. The number of halogens is 2. The van der Waals surface area contributed by atoms with Crippen LogP contribution >= 0.6 is 24.8 Å². The van der Waals surface area contributed by atoms with Gasteiger partial charge in [-0.3, -0.25) is 4.98 Å². The minimum absolute atomic E-state index is 0. The van der Waals surface area contributed by atoms with Crippen molar-refractivity contribution in [2.75, 3.05) is 0 Å². The Hall–Kier alpha value is -2.11. The maximum absolute atomic E-state index is 4.87. The number of nitrogens with zero attached hydrogens (tertiary/aromatic N) is 5. The van der Waals surface area contributed by atoms with Crippen LogP contribution in [0.1, 0.15) is 44.1 Å². The number of rotatable bonds is 4. The Balaban J connectivity index is 0.00000131. The minimum atomic E-state index is 0. The van der Waals surface area contributed by atoms with E-state index in [9.17, 15) is 0 Å². The second-order valence-corrected chi connectivity index (χ2v) is 6.54. The fourth-order valence-electron chi connectivity index (χ4n) is 3.72. The number of fused-ring (bicyclic) bond motifs is 3. The van der Waals surface area contributed by atoms with Crippen molar-refractivity contribution < 1.29 is 0 Å². The molecule has 4 heterocycles. The van der Waals surface area contributed by atoms with Gasteiger partial charge in [0.15, 0.2) is 5.65 Å². The zero-order valence-corrected chi connectivity index (χ0v) is 17.6. The highest BCUT2D eigenvalue weighted by atomic mass is 35.5. The lowest BCUT2D eigenvalue weighted by Gasteiger charge is -2.17. The van der Waals surface area contributed by atoms with E-state index in [0.29, 0.717) is 6.04 Å². The molecule has 7 heteroatoms. The minimum Gasteiger partial charge on any atom is -0.329 e. The van der Waals surface area contributed by atoms with E-state index in [0.717, 1.165) is 52.2 Å². The van der Waals surface area contributed by atoms with E-state index < -0.39 is 0 Å². The Morgan fingerprint density at radius 2 is 1.74 bits per heavy atom. The third-order valence-corrected chi connectivity index (χ3v) is 5.04. The summed E-state index contributed by atoms with van der Waals surface area (Å²) in [5.74, 6) is 0. The van der Waals surface area contributed by atoms with Crippen molar-refractivity contribution in [1.29, 1.82) is 0 Å². The van der Waals surface area contributed by atoms with E-state index in [2.05, 4.69) is 42.6 Å². The van der Waals surface area contributed by atoms with Crippen LogP contribution in [-0.4, -0.2) is 24.1 Å². The second-order valence-electron chi connectivity index (χ2n) is 6.54. The highest BCUT2D eigenvalue weighted by molar-refractivity contribution is 5.87. The molecule has 0 fully saturated rings. The standard InChI is InChI=1S/C20H23N5.2ClH/c1-5-15(6-2)24-12-10-16-13(3)22-19-18(17-9-7-8-11-21-17)14(4)23-25(19)20(16)24;;/h7-12,15H,5-6H2,1-4H3;2*1H. The molecule has 0 spiro atoms. The molecule has 0 N–H and O–H groups in total. The largest absolute Gasteiger partial charge is 0.329 e. The lowest BCUT2D eigenvalue weighted by Crippen LogP contribution is -2.09. The molecule has 5 nitrogen and oxygen atoms in total. The van der Waals surface area contributed by atoms with Gasteiger partial charge in [-0.25, -0.2) is 4.98 Å². The molecule has 0 saturated heterocycles. The molecule has 0 amide bonds. The van der Waals surface area contributed by atoms with Crippen molar-refractivity contribution in [3.05, 3.63) is 48.0 Å². The smallest absolute Gasteiger partial charge is 0.167 e. The molecule has 4 rings (SSSR count). The van der Waals surface area contributed by atoms with Crippen molar-refractivity contribution >= 4 is 41.5 Å². The van der Waals surface area contributed by atoms with Crippen LogP contribution in [-0.2, 0) is 0 Å². The molecular formula is C20H25Cl2N5. The molecule has 0 unspecified atom stereocenters. The van der Waals surface area contributed by atoms with Gasteiger partial charge in [0, 0.05) is 23.8 Å². The number of aryl methyl sites for hydroxylation is 2. The molecular weight excluding hydrogens is 381 g/mol. The van der Waals surface area contributed by atoms with Crippen LogP contribution in [0.4, 0.5) is 0 Å². The monoisotopic (exact) mass is 405 g/mol. The zero-order valence-electron chi connectivity index (χ0n) is 16.0. The van der Waals surface area contributed by atoms with Gasteiger partial charge in [0.25, 0.3) is 0 Å². The molecule has 4 aromatic rings. The van der Waals surface area contributed by atoms with Gasteiger partial charge in [0.1, 0.15) is 5.65 Å². The molecule has 0 aliphatic carbocycles. The van der Waals surface area contributed by atoms with Crippen LogP contribution in [0.5, 0.6) is 0 Å². The first-order chi connectivity index (χ1) is 12.2. The highest BCUT2D eigenvalue weighted by Crippen LogP contribution is 2.31. The fraction of sp³-hybridized carbons (Fsp3) is 0.350. The Morgan fingerprint density at radius 3 is 2.37 bits per heavy atom. The SMILES string of the molecule is CCC(CC)n1ccc2c(C)nc3c(-c4ccccn4)c(C)nn3c21.Cl.Cl. The number of hydrogen-bond donors (Lipinski definition) is 0. The van der Waals surface area contributed by atoms with Crippen LogP contribution in [0.25, 0.3) is 27.9 Å². The maximum atomic E-state index is 4.87. The summed E-state index contributed by atoms with van der Waals surface area (Å²) in [6.45, 7) is 8.58. The van der Waals surface area contributed by atoms with Gasteiger partial charge >= 0.3 is 0 Å². The Kier molecular flexibility index (Phi) is 6.50. The zero-order chi connectivity index (χ0) is 17.6. The van der Waals surface area contributed by atoms with E-state index >= 15 is 0 Å². The Morgan fingerprint density at radius 1 is 1.00 bits per heavy atom. The van der Waals surface area contributed by atoms with Crippen molar-refractivity contribution in [3.8, 4) is 11.3 Å². The van der Waals surface area contributed by atoms with E-state index in [1.807, 2.05) is 35.8 Å². The summed E-state index contributed by atoms with van der Waals surface area (Å²) < 4.78 is 4.35. The van der Waals surface area contributed by atoms with Gasteiger partial charge in [-0.2, -0.15) is 9.61 Å². The van der Waals surface area contributed by atoms with Crippen molar-refractivity contribution in [1.82, 2.24) is 24.1 Å². The lowest BCUT2D eigenvalue weighted by molar-refractivity contribution is 0.480. The van der Waals surface area contributed by atoms with Crippen molar-refractivity contribution in [3.63, 3.8) is 0 Å². The van der Waals surface area contributed by atoms with Crippen LogP contribution in [0.2, 0.25) is 0 Å². The summed E-state index contributed by atoms with van der Waals surface area (Å²) in [6.07, 6.45) is 6.18. The molecule has 4 aromatic heterocycles. The maximum Gasteiger partial charge on any atom is 0.167 e. The Labute approximate surface area is 171 Å². The molecule has 0 bridgehead atoms. The predicted octanol–water partition coefficient (Wildman–Crippen LogP) is 5.57. The average Bonchev–Trinajstić information content (AvgIpc) is 3.19. The van der Waals surface area contributed by atoms with Gasteiger partial charge in [-0.05, 0) is 44.9 Å². The molecule has 0 aromatic carbocycles. The molecule has 0 aliphatic rings. The highest BCUT2D eigenvalue weighted by Gasteiger charge is 2.20. The molecule has 0 aliphatic heterocycles. The molecule has 0 saturated carbocycles. The van der Waals surface area contributed by atoms with Gasteiger partial charge in [0.05, 0.1) is 22.6 Å². The van der Waals surface area contributed by atoms with E-state index in [1.54, 1.807) is 0 Å². The number of aromatic nitrogens is 5. The van der Waals surface area contributed by atoms with E-state index in [1.165, 1.54) is 0 Å². The van der Waals surface area contributed by atoms with Crippen LogP contribution in [0.3, 0.4) is 0 Å². The predicted molar refractivity (Wildman–Crippen MR) is 115 cm³/mol. The third kappa shape index (κ3) is 3.30. The first-order valence-corrected chi connectivity index (χ1v) is 8.93. The summed E-state index contributed by atoms with van der Waals surface area (Å²) in [6, 6.07) is 8.58. The number of pyridine rings is 1. The lowest BCUT2D eigenvalue weighted by atomic mass is 10.1. The van der Waals surface area contributed by atoms with Crippen LogP contribution in [0.15, 0.2) is 36.7 Å². The first kappa shape index (κ1) is 21.2. The summed E-state index contributed by atoms with van der Waals surface area (Å²) in [4.78, 5) is 9.39. The molecule has 0 atom stereocenters. The molecule has 144 valence electrons. The van der Waals surface area contributed by atoms with Crippen molar-refractivity contribution in [2.45, 2.75) is 46.6 Å². The quantitative estimate of drug-likeness (QED) is 0.445. The summed E-state index contributed by atoms with van der Waals surface area (Å²) in [7, 11) is 0. The van der Waals surface area contributed by atoms with Crippen LogP contribution in [0, 0.1) is 13.8 Å². The van der Waals surface area contributed by atoms with Gasteiger partial charge in [-0.1, -0.05) is 19.9 Å². The summed E-state index contributed by atoms with van der Waals surface area (Å²) in [5, 5.41) is 6.00. The Bertz CT molecular complexity index is 1050. The fourth-order valence-corrected chi connectivity index (χ4v) is 3.72. The van der Waals surface area contributed by atoms with Gasteiger partial charge in [0.2, 0.25) is 0 Å².